The molecule has 292 valence electrons. The van der Waals surface area contributed by atoms with E-state index in [4.69, 9.17) is 14.0 Å². The topological polar surface area (TPSA) is 192 Å². The van der Waals surface area contributed by atoms with E-state index in [0.29, 0.717) is 12.8 Å². The molecule has 0 aromatic carbocycles. The number of rotatable bonds is 32. The minimum Gasteiger partial charge on any atom is -0.394 e. The van der Waals surface area contributed by atoms with Crippen LogP contribution in [0.3, 0.4) is 0 Å². The van der Waals surface area contributed by atoms with E-state index >= 15 is 0 Å². The van der Waals surface area contributed by atoms with Gasteiger partial charge in [-0.25, -0.2) is 4.18 Å². The van der Waals surface area contributed by atoms with Crippen molar-refractivity contribution in [1.29, 1.82) is 0 Å². The number of hydrogen-bond acceptors (Lipinski definition) is 10. The highest BCUT2D eigenvalue weighted by Gasteiger charge is 2.48. The Kier molecular flexibility index (Phi) is 27.0. The number of unbranched alkanes of at least 4 members (excludes halogenated alkanes) is 20. The Hall–Kier alpha value is -0.900. The quantitative estimate of drug-likeness (QED) is 0.0359. The van der Waals surface area contributed by atoms with Crippen LogP contribution < -0.4 is 5.32 Å². The fraction of sp³-hybridized carbons (Fsp3) is 0.972. The summed E-state index contributed by atoms with van der Waals surface area (Å²) in [5, 5.41) is 44.5. The van der Waals surface area contributed by atoms with Crippen LogP contribution in [0.1, 0.15) is 168 Å². The minimum absolute atomic E-state index is 0.234. The summed E-state index contributed by atoms with van der Waals surface area (Å²) in [6, 6.07) is -0.848. The normalized spacial score (nSPS) is 22.6. The molecule has 0 aromatic rings. The number of aliphatic hydroxyl groups is 4. The van der Waals surface area contributed by atoms with Crippen LogP contribution in [0.4, 0.5) is 0 Å². The Morgan fingerprint density at radius 1 is 0.735 bits per heavy atom. The first-order chi connectivity index (χ1) is 23.5. The number of hydrogen-bond donors (Lipinski definition) is 6. The first-order valence-corrected chi connectivity index (χ1v) is 20.8. The number of nitrogens with one attached hydrogen (secondary N) is 1. The van der Waals surface area contributed by atoms with Crippen LogP contribution in [0.25, 0.3) is 0 Å². The van der Waals surface area contributed by atoms with Gasteiger partial charge in [0.05, 0.1) is 25.4 Å². The zero-order valence-electron chi connectivity index (χ0n) is 30.5. The molecule has 1 amide bonds. The Labute approximate surface area is 297 Å². The van der Waals surface area contributed by atoms with E-state index in [1.54, 1.807) is 0 Å². The molecular formula is C36H71NO11S. The molecule has 0 bridgehead atoms. The molecule has 13 heteroatoms. The van der Waals surface area contributed by atoms with Gasteiger partial charge in [-0.05, 0) is 12.8 Å². The van der Waals surface area contributed by atoms with E-state index in [0.717, 1.165) is 51.4 Å². The Morgan fingerprint density at radius 3 is 1.63 bits per heavy atom. The van der Waals surface area contributed by atoms with Gasteiger partial charge in [0.15, 0.2) is 6.29 Å². The summed E-state index contributed by atoms with van der Waals surface area (Å²) in [6.45, 7) is 3.39. The molecule has 1 aliphatic rings. The summed E-state index contributed by atoms with van der Waals surface area (Å²) in [6.07, 6.45) is 16.9. The maximum Gasteiger partial charge on any atom is 0.397 e. The molecule has 7 atom stereocenters. The smallest absolute Gasteiger partial charge is 0.394 e. The first kappa shape index (κ1) is 46.1. The molecule has 1 aliphatic heterocycles. The van der Waals surface area contributed by atoms with Crippen molar-refractivity contribution in [1.82, 2.24) is 5.32 Å². The van der Waals surface area contributed by atoms with Gasteiger partial charge in [-0.3, -0.25) is 9.35 Å². The number of ether oxygens (including phenoxy) is 2. The lowest BCUT2D eigenvalue weighted by Crippen LogP contribution is -2.61. The van der Waals surface area contributed by atoms with Crippen LogP contribution in [-0.4, -0.2) is 95.4 Å². The fourth-order valence-electron chi connectivity index (χ4n) is 6.34. The molecule has 0 saturated carbocycles. The lowest BCUT2D eigenvalue weighted by molar-refractivity contribution is -0.298. The maximum absolute atomic E-state index is 12.9. The van der Waals surface area contributed by atoms with Crippen LogP contribution in [-0.2, 0) is 28.9 Å². The lowest BCUT2D eigenvalue weighted by Gasteiger charge is -2.41. The van der Waals surface area contributed by atoms with Crippen LogP contribution in [0, 0.1) is 0 Å². The van der Waals surface area contributed by atoms with Crippen molar-refractivity contribution < 1.29 is 51.8 Å². The van der Waals surface area contributed by atoms with Gasteiger partial charge in [0, 0.05) is 6.42 Å². The van der Waals surface area contributed by atoms with Crippen molar-refractivity contribution in [2.45, 2.75) is 211 Å². The Morgan fingerprint density at radius 2 is 1.18 bits per heavy atom. The third kappa shape index (κ3) is 22.6. The van der Waals surface area contributed by atoms with Crippen molar-refractivity contribution in [3.63, 3.8) is 0 Å². The van der Waals surface area contributed by atoms with Gasteiger partial charge in [0.25, 0.3) is 0 Å². The molecule has 12 nitrogen and oxygen atoms in total. The lowest BCUT2D eigenvalue weighted by atomic mass is 9.99. The van der Waals surface area contributed by atoms with E-state index in [1.165, 1.54) is 89.9 Å². The number of aliphatic hydroxyl groups excluding tert-OH is 4. The van der Waals surface area contributed by atoms with E-state index in [9.17, 15) is 33.6 Å². The molecule has 0 aromatic heterocycles. The highest BCUT2D eigenvalue weighted by atomic mass is 32.3. The summed E-state index contributed by atoms with van der Waals surface area (Å²) in [4.78, 5) is 12.9. The second-order valence-corrected chi connectivity index (χ2v) is 14.9. The van der Waals surface area contributed by atoms with Gasteiger partial charge in [0.2, 0.25) is 5.91 Å². The average molecular weight is 726 g/mol. The summed E-state index contributed by atoms with van der Waals surface area (Å²) in [5.41, 5.74) is 0. The van der Waals surface area contributed by atoms with E-state index in [-0.39, 0.29) is 12.5 Å². The van der Waals surface area contributed by atoms with Crippen molar-refractivity contribution in [3.05, 3.63) is 0 Å². The molecule has 1 saturated heterocycles. The van der Waals surface area contributed by atoms with Gasteiger partial charge in [0.1, 0.15) is 24.4 Å². The molecule has 7 unspecified atom stereocenters. The van der Waals surface area contributed by atoms with Crippen LogP contribution >= 0.6 is 0 Å². The molecule has 0 aliphatic carbocycles. The zero-order chi connectivity index (χ0) is 36.3. The summed E-state index contributed by atoms with van der Waals surface area (Å²) in [5.74, 6) is -0.234. The summed E-state index contributed by atoms with van der Waals surface area (Å²) >= 11 is 0. The monoisotopic (exact) mass is 725 g/mol. The predicted octanol–water partition coefficient (Wildman–Crippen LogP) is 5.88. The van der Waals surface area contributed by atoms with Crippen LogP contribution in [0.5, 0.6) is 0 Å². The van der Waals surface area contributed by atoms with Crippen molar-refractivity contribution in [3.8, 4) is 0 Å². The van der Waals surface area contributed by atoms with Gasteiger partial charge in [-0.1, -0.05) is 149 Å². The van der Waals surface area contributed by atoms with Gasteiger partial charge in [-0.15, -0.1) is 0 Å². The largest absolute Gasteiger partial charge is 0.397 e. The molecule has 1 rings (SSSR count). The third-order valence-corrected chi connectivity index (χ3v) is 9.88. The second-order valence-electron chi connectivity index (χ2n) is 13.9. The molecule has 49 heavy (non-hydrogen) atoms. The van der Waals surface area contributed by atoms with Crippen molar-refractivity contribution in [2.24, 2.45) is 0 Å². The van der Waals surface area contributed by atoms with E-state index in [2.05, 4.69) is 23.3 Å². The molecule has 6 N–H and O–H groups in total. The van der Waals surface area contributed by atoms with Gasteiger partial charge < -0.3 is 35.2 Å². The van der Waals surface area contributed by atoms with E-state index in [1.807, 2.05) is 0 Å². The highest BCUT2D eigenvalue weighted by Crippen LogP contribution is 2.26. The molecule has 1 fully saturated rings. The SMILES string of the molecule is CCCCCCCCCCCCCCCC(O)C(COC1OC(CO)C(O)C(OS(=O)(=O)O)C1O)NC(=O)CCCCCCCCCCC. The average Bonchev–Trinajstić information content (AvgIpc) is 3.06. The van der Waals surface area contributed by atoms with Crippen LogP contribution in [0.15, 0.2) is 0 Å². The molecular weight excluding hydrogens is 654 g/mol. The molecule has 1 heterocycles. The van der Waals surface area contributed by atoms with Crippen LogP contribution in [0.2, 0.25) is 0 Å². The van der Waals surface area contributed by atoms with Crippen molar-refractivity contribution in [2.75, 3.05) is 13.2 Å². The van der Waals surface area contributed by atoms with Crippen molar-refractivity contribution >= 4 is 16.3 Å². The zero-order valence-corrected chi connectivity index (χ0v) is 31.3. The second kappa shape index (κ2) is 28.7. The predicted molar refractivity (Wildman–Crippen MR) is 190 cm³/mol. The Bertz CT molecular complexity index is 909. The summed E-state index contributed by atoms with van der Waals surface area (Å²) in [7, 11) is -5.06. The number of amides is 1. The van der Waals surface area contributed by atoms with Gasteiger partial charge in [-0.2, -0.15) is 8.42 Å². The number of carbonyl (C=O) groups excluding carboxylic acids is 1. The first-order valence-electron chi connectivity index (χ1n) is 19.4. The maximum atomic E-state index is 12.9. The highest BCUT2D eigenvalue weighted by molar-refractivity contribution is 7.80. The molecule has 0 radical (unpaired) electrons. The standard InChI is InChI=1S/C36H71NO11S/c1-3-5-7-9-11-13-14-15-16-18-19-21-23-25-30(39)29(37-32(40)26-24-22-20-17-12-10-8-6-4-2)28-46-36-34(42)35(48-49(43,44)45)33(41)31(27-38)47-36/h29-31,33-36,38-39,41-42H,3-28H2,1-2H3,(H,37,40)(H,43,44,45). The Balaban J connectivity index is 2.60. The number of carbonyl (C=O) groups is 1. The van der Waals surface area contributed by atoms with E-state index < -0.39 is 59.9 Å². The third-order valence-electron chi connectivity index (χ3n) is 9.42. The molecule has 0 spiro atoms. The summed E-state index contributed by atoms with van der Waals surface area (Å²) < 4.78 is 47.3. The fourth-order valence-corrected chi connectivity index (χ4v) is 6.85. The van der Waals surface area contributed by atoms with Gasteiger partial charge >= 0.3 is 10.4 Å². The minimum atomic E-state index is -5.06.